The number of aliphatic hydroxyl groups excluding tert-OH is 1. The third-order valence-electron chi connectivity index (χ3n) is 2.84. The second-order valence-electron chi connectivity index (χ2n) is 4.53. The predicted octanol–water partition coefficient (Wildman–Crippen LogP) is 1.78. The van der Waals surface area contributed by atoms with Crippen LogP contribution in [0.15, 0.2) is 24.3 Å². The summed E-state index contributed by atoms with van der Waals surface area (Å²) in [4.78, 5) is 11.4. The van der Waals surface area contributed by atoms with E-state index in [1.165, 1.54) is 11.1 Å². The molecule has 0 radical (unpaired) electrons. The Morgan fingerprint density at radius 1 is 1.28 bits per heavy atom. The molecule has 0 fully saturated rings. The number of aryl methyl sites for hydroxylation is 1. The van der Waals surface area contributed by atoms with Gasteiger partial charge in [0.15, 0.2) is 0 Å². The smallest absolute Gasteiger partial charge is 0.314 e. The van der Waals surface area contributed by atoms with Gasteiger partial charge in [0, 0.05) is 19.7 Å². The van der Waals surface area contributed by atoms with Gasteiger partial charge >= 0.3 is 6.03 Å². The minimum Gasteiger partial charge on any atom is -0.396 e. The van der Waals surface area contributed by atoms with E-state index >= 15 is 0 Å². The summed E-state index contributed by atoms with van der Waals surface area (Å²) in [5, 5.41) is 14.1. The van der Waals surface area contributed by atoms with Crippen LogP contribution in [0.5, 0.6) is 0 Å². The van der Waals surface area contributed by atoms with E-state index in [0.29, 0.717) is 19.5 Å². The zero-order chi connectivity index (χ0) is 13.4. The quantitative estimate of drug-likeness (QED) is 0.674. The van der Waals surface area contributed by atoms with E-state index in [2.05, 4.69) is 48.7 Å². The topological polar surface area (TPSA) is 61.4 Å². The van der Waals surface area contributed by atoms with Crippen molar-refractivity contribution in [2.45, 2.75) is 26.2 Å². The van der Waals surface area contributed by atoms with Gasteiger partial charge in [0.25, 0.3) is 0 Å². The molecule has 0 saturated carbocycles. The van der Waals surface area contributed by atoms with Crippen LogP contribution in [0.4, 0.5) is 4.79 Å². The molecule has 1 rings (SSSR count). The highest BCUT2D eigenvalue weighted by molar-refractivity contribution is 5.73. The Morgan fingerprint density at radius 2 is 1.94 bits per heavy atom. The van der Waals surface area contributed by atoms with Gasteiger partial charge in [-0.2, -0.15) is 0 Å². The number of hydrogen-bond donors (Lipinski definition) is 3. The zero-order valence-corrected chi connectivity index (χ0v) is 11.1. The molecule has 3 N–H and O–H groups in total. The fraction of sp³-hybridized carbons (Fsp3) is 0.500. The van der Waals surface area contributed by atoms with Crippen molar-refractivity contribution in [2.24, 2.45) is 0 Å². The monoisotopic (exact) mass is 250 g/mol. The van der Waals surface area contributed by atoms with Crippen LogP contribution in [0.2, 0.25) is 0 Å². The van der Waals surface area contributed by atoms with Crippen molar-refractivity contribution in [3.63, 3.8) is 0 Å². The molecule has 4 nitrogen and oxygen atoms in total. The average molecular weight is 250 g/mol. The van der Waals surface area contributed by atoms with Crippen molar-refractivity contribution in [1.29, 1.82) is 0 Å². The van der Waals surface area contributed by atoms with Gasteiger partial charge in [0.2, 0.25) is 0 Å². The molecular formula is C14H22N2O2. The first kappa shape index (κ1) is 14.5. The maximum atomic E-state index is 11.4. The van der Waals surface area contributed by atoms with Gasteiger partial charge < -0.3 is 15.7 Å². The van der Waals surface area contributed by atoms with E-state index in [-0.39, 0.29) is 18.6 Å². The summed E-state index contributed by atoms with van der Waals surface area (Å²) >= 11 is 0. The Labute approximate surface area is 108 Å². The molecule has 1 aromatic rings. The molecule has 0 aliphatic carbocycles. The first-order valence-corrected chi connectivity index (χ1v) is 6.32. The van der Waals surface area contributed by atoms with E-state index in [9.17, 15) is 4.79 Å². The van der Waals surface area contributed by atoms with Gasteiger partial charge in [-0.15, -0.1) is 0 Å². The SMILES string of the molecule is Cc1ccc(C(C)CNC(=O)NCCCO)cc1. The summed E-state index contributed by atoms with van der Waals surface area (Å²) in [7, 11) is 0. The highest BCUT2D eigenvalue weighted by Crippen LogP contribution is 2.14. The molecule has 1 atom stereocenters. The van der Waals surface area contributed by atoms with E-state index < -0.39 is 0 Å². The lowest BCUT2D eigenvalue weighted by Crippen LogP contribution is -2.38. The number of carbonyl (C=O) groups excluding carboxylic acids is 1. The molecule has 0 aliphatic heterocycles. The first-order valence-electron chi connectivity index (χ1n) is 6.32. The maximum absolute atomic E-state index is 11.4. The Bertz CT molecular complexity index is 363. The number of urea groups is 1. The number of amides is 2. The first-order chi connectivity index (χ1) is 8.63. The molecule has 4 heteroatoms. The van der Waals surface area contributed by atoms with Crippen molar-refractivity contribution in [2.75, 3.05) is 19.7 Å². The molecule has 1 unspecified atom stereocenters. The van der Waals surface area contributed by atoms with Crippen LogP contribution in [-0.4, -0.2) is 30.8 Å². The van der Waals surface area contributed by atoms with Gasteiger partial charge in [0.05, 0.1) is 0 Å². The van der Waals surface area contributed by atoms with Crippen molar-refractivity contribution in [3.8, 4) is 0 Å². The molecule has 0 heterocycles. The van der Waals surface area contributed by atoms with Crippen molar-refractivity contribution >= 4 is 6.03 Å². The minimum absolute atomic E-state index is 0.0973. The van der Waals surface area contributed by atoms with Gasteiger partial charge in [0.1, 0.15) is 0 Å². The second-order valence-corrected chi connectivity index (χ2v) is 4.53. The Hall–Kier alpha value is -1.55. The molecular weight excluding hydrogens is 228 g/mol. The largest absolute Gasteiger partial charge is 0.396 e. The van der Waals surface area contributed by atoms with Gasteiger partial charge in [-0.25, -0.2) is 4.79 Å². The van der Waals surface area contributed by atoms with E-state index in [4.69, 9.17) is 5.11 Å². The lowest BCUT2D eigenvalue weighted by molar-refractivity contribution is 0.237. The second kappa shape index (κ2) is 7.71. The van der Waals surface area contributed by atoms with Crippen LogP contribution in [-0.2, 0) is 0 Å². The molecule has 100 valence electrons. The molecule has 0 bridgehead atoms. The molecule has 0 aromatic heterocycles. The summed E-state index contributed by atoms with van der Waals surface area (Å²) < 4.78 is 0. The molecule has 1 aromatic carbocycles. The van der Waals surface area contributed by atoms with E-state index in [0.717, 1.165) is 0 Å². The predicted molar refractivity (Wildman–Crippen MR) is 72.7 cm³/mol. The van der Waals surface area contributed by atoms with Crippen LogP contribution in [0, 0.1) is 6.92 Å². The summed E-state index contributed by atoms with van der Waals surface area (Å²) in [6, 6.07) is 8.15. The highest BCUT2D eigenvalue weighted by atomic mass is 16.3. The van der Waals surface area contributed by atoms with E-state index in [1.807, 2.05) is 0 Å². The molecule has 0 saturated heterocycles. The van der Waals surface area contributed by atoms with Gasteiger partial charge in [-0.1, -0.05) is 36.8 Å². The van der Waals surface area contributed by atoms with Crippen molar-refractivity contribution in [3.05, 3.63) is 35.4 Å². The number of aliphatic hydroxyl groups is 1. The third kappa shape index (κ3) is 5.19. The van der Waals surface area contributed by atoms with Crippen LogP contribution < -0.4 is 10.6 Å². The molecule has 2 amide bonds. The fourth-order valence-corrected chi connectivity index (χ4v) is 1.60. The van der Waals surface area contributed by atoms with Crippen LogP contribution in [0.1, 0.15) is 30.4 Å². The Balaban J connectivity index is 2.30. The normalized spacial score (nSPS) is 11.9. The average Bonchev–Trinajstić information content (AvgIpc) is 2.37. The number of carbonyl (C=O) groups is 1. The molecule has 0 aliphatic rings. The Kier molecular flexibility index (Phi) is 6.22. The third-order valence-corrected chi connectivity index (χ3v) is 2.84. The highest BCUT2D eigenvalue weighted by Gasteiger charge is 2.06. The number of benzene rings is 1. The lowest BCUT2D eigenvalue weighted by Gasteiger charge is -2.14. The summed E-state index contributed by atoms with van der Waals surface area (Å²) in [6.07, 6.45) is 0.584. The molecule has 0 spiro atoms. The van der Waals surface area contributed by atoms with Crippen LogP contribution in [0.25, 0.3) is 0 Å². The fourth-order valence-electron chi connectivity index (χ4n) is 1.60. The number of hydrogen-bond acceptors (Lipinski definition) is 2. The number of nitrogens with one attached hydrogen (secondary N) is 2. The summed E-state index contributed by atoms with van der Waals surface area (Å²) in [5.74, 6) is 0.286. The Morgan fingerprint density at radius 3 is 2.56 bits per heavy atom. The van der Waals surface area contributed by atoms with Crippen molar-refractivity contribution < 1.29 is 9.90 Å². The maximum Gasteiger partial charge on any atom is 0.314 e. The molecule has 18 heavy (non-hydrogen) atoms. The van der Waals surface area contributed by atoms with Gasteiger partial charge in [-0.3, -0.25) is 0 Å². The number of rotatable bonds is 6. The summed E-state index contributed by atoms with van der Waals surface area (Å²) in [6.45, 7) is 5.34. The van der Waals surface area contributed by atoms with Crippen molar-refractivity contribution in [1.82, 2.24) is 10.6 Å². The van der Waals surface area contributed by atoms with E-state index in [1.54, 1.807) is 0 Å². The van der Waals surface area contributed by atoms with Gasteiger partial charge in [-0.05, 0) is 24.8 Å². The zero-order valence-electron chi connectivity index (χ0n) is 11.1. The van der Waals surface area contributed by atoms with Crippen LogP contribution in [0.3, 0.4) is 0 Å². The van der Waals surface area contributed by atoms with Crippen LogP contribution >= 0.6 is 0 Å². The lowest BCUT2D eigenvalue weighted by atomic mass is 10.0. The summed E-state index contributed by atoms with van der Waals surface area (Å²) in [5.41, 5.74) is 2.46. The standard InChI is InChI=1S/C14H22N2O2/c1-11-4-6-13(7-5-11)12(2)10-16-14(18)15-8-3-9-17/h4-7,12,17H,3,8-10H2,1-2H3,(H2,15,16,18). The minimum atomic E-state index is -0.178.